The fourth-order valence-corrected chi connectivity index (χ4v) is 3.08. The Morgan fingerprint density at radius 2 is 2.05 bits per heavy atom. The lowest BCUT2D eigenvalue weighted by atomic mass is 10.1. The van der Waals surface area contributed by atoms with E-state index in [1.807, 2.05) is 12.3 Å². The highest BCUT2D eigenvalue weighted by Gasteiger charge is 2.08. The molecular formula is C14H8ClN3S. The number of rotatable bonds is 1. The second kappa shape index (κ2) is 4.05. The second-order valence-electron chi connectivity index (χ2n) is 4.24. The van der Waals surface area contributed by atoms with Gasteiger partial charge in [0.15, 0.2) is 5.65 Å². The zero-order valence-corrected chi connectivity index (χ0v) is 11.3. The molecule has 0 bridgehead atoms. The number of halogens is 1. The fraction of sp³-hybridized carbons (Fsp3) is 0. The Kier molecular flexibility index (Phi) is 2.33. The fourth-order valence-electron chi connectivity index (χ4n) is 2.17. The summed E-state index contributed by atoms with van der Waals surface area (Å²) in [5, 5.41) is 8.09. The highest BCUT2D eigenvalue weighted by Crippen LogP contribution is 2.27. The number of benzene rings is 1. The molecule has 0 amide bonds. The van der Waals surface area contributed by atoms with Crippen LogP contribution < -0.4 is 0 Å². The van der Waals surface area contributed by atoms with Crippen molar-refractivity contribution in [1.82, 2.24) is 14.6 Å². The molecule has 0 N–H and O–H groups in total. The van der Waals surface area contributed by atoms with E-state index in [1.54, 1.807) is 21.9 Å². The third-order valence-corrected chi connectivity index (χ3v) is 4.18. The van der Waals surface area contributed by atoms with Crippen molar-refractivity contribution in [2.75, 3.05) is 0 Å². The summed E-state index contributed by atoms with van der Waals surface area (Å²) in [7, 11) is 0. The van der Waals surface area contributed by atoms with Crippen molar-refractivity contribution in [3.8, 4) is 11.3 Å². The first kappa shape index (κ1) is 11.0. The summed E-state index contributed by atoms with van der Waals surface area (Å²) in [6.07, 6.45) is 1.83. The lowest BCUT2D eigenvalue weighted by Gasteiger charge is -2.01. The Morgan fingerprint density at radius 1 is 1.11 bits per heavy atom. The molecule has 0 aliphatic carbocycles. The molecule has 3 nitrogen and oxygen atoms in total. The number of hydrogen-bond acceptors (Lipinski definition) is 3. The van der Waals surface area contributed by atoms with E-state index in [4.69, 9.17) is 11.6 Å². The van der Waals surface area contributed by atoms with Crippen LogP contribution in [-0.2, 0) is 0 Å². The molecule has 0 saturated heterocycles. The van der Waals surface area contributed by atoms with Gasteiger partial charge in [-0.1, -0.05) is 17.7 Å². The van der Waals surface area contributed by atoms with E-state index in [9.17, 15) is 0 Å². The Balaban J connectivity index is 2.00. The number of aromatic nitrogens is 3. The number of nitrogens with zero attached hydrogens (tertiary/aromatic N) is 3. The lowest BCUT2D eigenvalue weighted by Crippen LogP contribution is -1.93. The van der Waals surface area contributed by atoms with Crippen LogP contribution in [0.3, 0.4) is 0 Å². The molecule has 1 aromatic carbocycles. The first-order valence-corrected chi connectivity index (χ1v) is 7.05. The van der Waals surface area contributed by atoms with Crippen LogP contribution in [0.15, 0.2) is 48.0 Å². The van der Waals surface area contributed by atoms with Crippen LogP contribution in [0.4, 0.5) is 0 Å². The van der Waals surface area contributed by atoms with E-state index < -0.39 is 0 Å². The van der Waals surface area contributed by atoms with Crippen LogP contribution in [-0.4, -0.2) is 14.6 Å². The van der Waals surface area contributed by atoms with Gasteiger partial charge in [0.2, 0.25) is 0 Å². The van der Waals surface area contributed by atoms with Crippen molar-refractivity contribution < 1.29 is 0 Å². The van der Waals surface area contributed by atoms with E-state index >= 15 is 0 Å². The third kappa shape index (κ3) is 1.72. The predicted molar refractivity (Wildman–Crippen MR) is 78.8 cm³/mol. The van der Waals surface area contributed by atoms with Crippen molar-refractivity contribution in [3.63, 3.8) is 0 Å². The minimum absolute atomic E-state index is 0.461. The van der Waals surface area contributed by atoms with Crippen LogP contribution in [0, 0.1) is 0 Å². The Hall–Kier alpha value is -1.91. The average molecular weight is 286 g/mol. The molecule has 0 atom stereocenters. The standard InChI is InChI=1S/C14H8ClN3S/c15-13-3-4-14-16-8-11(18(14)17-13)9-1-2-12-10(7-9)5-6-19-12/h1-8H. The van der Waals surface area contributed by atoms with Gasteiger partial charge in [-0.3, -0.25) is 0 Å². The molecule has 5 heteroatoms. The van der Waals surface area contributed by atoms with Gasteiger partial charge >= 0.3 is 0 Å². The van der Waals surface area contributed by atoms with E-state index in [2.05, 4.69) is 39.7 Å². The molecule has 0 aliphatic heterocycles. The molecular weight excluding hydrogens is 278 g/mol. The minimum atomic E-state index is 0.461. The summed E-state index contributed by atoms with van der Waals surface area (Å²) in [6.45, 7) is 0. The van der Waals surface area contributed by atoms with Gasteiger partial charge in [-0.15, -0.1) is 11.3 Å². The molecule has 4 rings (SSSR count). The van der Waals surface area contributed by atoms with Crippen molar-refractivity contribution >= 4 is 38.7 Å². The first-order chi connectivity index (χ1) is 9.31. The van der Waals surface area contributed by atoms with Crippen LogP contribution >= 0.6 is 22.9 Å². The Morgan fingerprint density at radius 3 is 3.00 bits per heavy atom. The second-order valence-corrected chi connectivity index (χ2v) is 5.58. The number of hydrogen-bond donors (Lipinski definition) is 0. The molecule has 0 spiro atoms. The molecule has 0 fully saturated rings. The lowest BCUT2D eigenvalue weighted by molar-refractivity contribution is 0.943. The summed E-state index contributed by atoms with van der Waals surface area (Å²) < 4.78 is 3.05. The van der Waals surface area contributed by atoms with Crippen molar-refractivity contribution in [1.29, 1.82) is 0 Å². The van der Waals surface area contributed by atoms with Gasteiger partial charge in [0, 0.05) is 10.3 Å². The maximum Gasteiger partial charge on any atom is 0.154 e. The van der Waals surface area contributed by atoms with Crippen molar-refractivity contribution in [3.05, 3.63) is 53.1 Å². The zero-order valence-electron chi connectivity index (χ0n) is 9.75. The van der Waals surface area contributed by atoms with Gasteiger partial charge in [0.25, 0.3) is 0 Å². The summed E-state index contributed by atoms with van der Waals surface area (Å²) >= 11 is 7.69. The molecule has 92 valence electrons. The largest absolute Gasteiger partial charge is 0.235 e. The predicted octanol–water partition coefficient (Wildman–Crippen LogP) is 4.26. The molecule has 0 aliphatic rings. The summed E-state index contributed by atoms with van der Waals surface area (Å²) in [5.74, 6) is 0. The van der Waals surface area contributed by atoms with Gasteiger partial charge in [-0.25, -0.2) is 9.50 Å². The van der Waals surface area contributed by atoms with Crippen molar-refractivity contribution in [2.24, 2.45) is 0 Å². The molecule has 3 heterocycles. The zero-order chi connectivity index (χ0) is 12.8. The molecule has 19 heavy (non-hydrogen) atoms. The first-order valence-electron chi connectivity index (χ1n) is 5.79. The number of thiophene rings is 1. The Bertz CT molecular complexity index is 894. The summed E-state index contributed by atoms with van der Waals surface area (Å²) in [5.41, 5.74) is 2.84. The normalized spacial score (nSPS) is 11.4. The summed E-state index contributed by atoms with van der Waals surface area (Å²) in [6, 6.07) is 12.1. The van der Waals surface area contributed by atoms with Gasteiger partial charge in [0.1, 0.15) is 5.15 Å². The van der Waals surface area contributed by atoms with Crippen LogP contribution in [0.1, 0.15) is 0 Å². The smallest absolute Gasteiger partial charge is 0.154 e. The van der Waals surface area contributed by atoms with Gasteiger partial charge in [0.05, 0.1) is 11.9 Å². The quantitative estimate of drug-likeness (QED) is 0.523. The number of imidazole rings is 1. The molecule has 0 radical (unpaired) electrons. The summed E-state index contributed by atoms with van der Waals surface area (Å²) in [4.78, 5) is 4.35. The molecule has 4 aromatic rings. The maximum atomic E-state index is 5.95. The van der Waals surface area contributed by atoms with E-state index in [-0.39, 0.29) is 0 Å². The highest BCUT2D eigenvalue weighted by atomic mass is 35.5. The topological polar surface area (TPSA) is 30.2 Å². The average Bonchev–Trinajstić information content (AvgIpc) is 3.03. The minimum Gasteiger partial charge on any atom is -0.235 e. The van der Waals surface area contributed by atoms with Crippen LogP contribution in [0.25, 0.3) is 27.0 Å². The van der Waals surface area contributed by atoms with E-state index in [0.29, 0.717) is 5.15 Å². The van der Waals surface area contributed by atoms with Crippen LogP contribution in [0.5, 0.6) is 0 Å². The number of fused-ring (bicyclic) bond motifs is 2. The maximum absolute atomic E-state index is 5.95. The van der Waals surface area contributed by atoms with Gasteiger partial charge in [-0.05, 0) is 41.1 Å². The molecule has 3 aromatic heterocycles. The third-order valence-electron chi connectivity index (χ3n) is 3.08. The van der Waals surface area contributed by atoms with Crippen molar-refractivity contribution in [2.45, 2.75) is 0 Å². The SMILES string of the molecule is Clc1ccc2ncc(-c3ccc4sccc4c3)n2n1. The highest BCUT2D eigenvalue weighted by molar-refractivity contribution is 7.17. The van der Waals surface area contributed by atoms with E-state index in [1.165, 1.54) is 10.1 Å². The Labute approximate surface area is 118 Å². The monoisotopic (exact) mass is 285 g/mol. The van der Waals surface area contributed by atoms with Crippen LogP contribution in [0.2, 0.25) is 5.15 Å². The van der Waals surface area contributed by atoms with Gasteiger partial charge < -0.3 is 0 Å². The molecule has 0 saturated carbocycles. The van der Waals surface area contributed by atoms with Gasteiger partial charge in [-0.2, -0.15) is 5.10 Å². The molecule has 0 unspecified atom stereocenters. The van der Waals surface area contributed by atoms with E-state index in [0.717, 1.165) is 16.9 Å².